The van der Waals surface area contributed by atoms with Gasteiger partial charge in [-0.1, -0.05) is 12.1 Å². The van der Waals surface area contributed by atoms with Crippen molar-refractivity contribution in [2.45, 2.75) is 51.2 Å². The molecular formula is C15H23N3O3. The van der Waals surface area contributed by atoms with E-state index in [1.54, 1.807) is 0 Å². The standard InChI is InChI=1S/C15H23N3O3/c1-2-11-9-14(21-17-11)13-6-3-7-18(13)15(19)16-10-12-5-4-8-20-12/h9,12-13H,2-8,10H2,1H3,(H,16,19)/t12-,13-/m0/s1. The first-order valence-corrected chi connectivity index (χ1v) is 7.89. The number of nitrogens with one attached hydrogen (secondary N) is 1. The predicted molar refractivity (Wildman–Crippen MR) is 76.9 cm³/mol. The maximum atomic E-state index is 12.4. The van der Waals surface area contributed by atoms with E-state index in [2.05, 4.69) is 10.5 Å². The number of urea groups is 1. The van der Waals surface area contributed by atoms with E-state index in [4.69, 9.17) is 9.26 Å². The first-order chi connectivity index (χ1) is 10.3. The normalized spacial score (nSPS) is 25.5. The fraction of sp³-hybridized carbons (Fsp3) is 0.733. The van der Waals surface area contributed by atoms with E-state index in [1.807, 2.05) is 17.9 Å². The molecule has 1 aromatic rings. The van der Waals surface area contributed by atoms with Crippen LogP contribution in [0.15, 0.2) is 10.6 Å². The summed E-state index contributed by atoms with van der Waals surface area (Å²) in [6.07, 6.45) is 5.08. The van der Waals surface area contributed by atoms with Gasteiger partial charge in [-0.15, -0.1) is 0 Å². The van der Waals surface area contributed by atoms with Crippen LogP contribution in [0, 0.1) is 0 Å². The van der Waals surface area contributed by atoms with Crippen LogP contribution in [-0.4, -0.2) is 41.9 Å². The molecule has 2 atom stereocenters. The van der Waals surface area contributed by atoms with Crippen molar-refractivity contribution < 1.29 is 14.1 Å². The Hall–Kier alpha value is -1.56. The molecule has 2 amide bonds. The summed E-state index contributed by atoms with van der Waals surface area (Å²) in [5.74, 6) is 0.802. The van der Waals surface area contributed by atoms with E-state index in [1.165, 1.54) is 0 Å². The van der Waals surface area contributed by atoms with Crippen LogP contribution in [0.4, 0.5) is 4.79 Å². The summed E-state index contributed by atoms with van der Waals surface area (Å²) in [4.78, 5) is 14.2. The number of carbonyl (C=O) groups excluding carboxylic acids is 1. The van der Waals surface area contributed by atoms with Crippen molar-refractivity contribution in [1.29, 1.82) is 0 Å². The molecule has 0 spiro atoms. The van der Waals surface area contributed by atoms with Gasteiger partial charge in [0.1, 0.15) is 0 Å². The molecule has 0 bridgehead atoms. The average molecular weight is 293 g/mol. The van der Waals surface area contributed by atoms with Crippen LogP contribution >= 0.6 is 0 Å². The van der Waals surface area contributed by atoms with Gasteiger partial charge < -0.3 is 19.5 Å². The summed E-state index contributed by atoms with van der Waals surface area (Å²) < 4.78 is 10.9. The van der Waals surface area contributed by atoms with Gasteiger partial charge in [-0.3, -0.25) is 0 Å². The van der Waals surface area contributed by atoms with Gasteiger partial charge in [0.15, 0.2) is 5.76 Å². The molecular weight excluding hydrogens is 270 g/mol. The highest BCUT2D eigenvalue weighted by Gasteiger charge is 2.33. The van der Waals surface area contributed by atoms with E-state index >= 15 is 0 Å². The number of nitrogens with zero attached hydrogens (tertiary/aromatic N) is 2. The van der Waals surface area contributed by atoms with Gasteiger partial charge in [0, 0.05) is 25.8 Å². The highest BCUT2D eigenvalue weighted by molar-refractivity contribution is 5.75. The minimum absolute atomic E-state index is 0.0160. The lowest BCUT2D eigenvalue weighted by molar-refractivity contribution is 0.108. The van der Waals surface area contributed by atoms with Crippen LogP contribution in [0.2, 0.25) is 0 Å². The first kappa shape index (κ1) is 14.4. The Balaban J connectivity index is 1.58. The Bertz CT molecular complexity index is 482. The zero-order valence-corrected chi connectivity index (χ0v) is 12.5. The minimum Gasteiger partial charge on any atom is -0.376 e. The molecule has 2 aliphatic heterocycles. The fourth-order valence-corrected chi connectivity index (χ4v) is 3.07. The van der Waals surface area contributed by atoms with Crippen LogP contribution < -0.4 is 5.32 Å². The molecule has 1 N–H and O–H groups in total. The molecule has 6 heteroatoms. The number of hydrogen-bond donors (Lipinski definition) is 1. The summed E-state index contributed by atoms with van der Waals surface area (Å²) in [5, 5.41) is 7.02. The van der Waals surface area contributed by atoms with E-state index < -0.39 is 0 Å². The van der Waals surface area contributed by atoms with Gasteiger partial charge in [-0.25, -0.2) is 4.79 Å². The van der Waals surface area contributed by atoms with Crippen molar-refractivity contribution in [3.8, 4) is 0 Å². The molecule has 0 aromatic carbocycles. The highest BCUT2D eigenvalue weighted by atomic mass is 16.5. The number of hydrogen-bond acceptors (Lipinski definition) is 4. The fourth-order valence-electron chi connectivity index (χ4n) is 3.07. The van der Waals surface area contributed by atoms with E-state index in [0.29, 0.717) is 6.54 Å². The van der Waals surface area contributed by atoms with Gasteiger partial charge in [0.05, 0.1) is 17.8 Å². The maximum absolute atomic E-state index is 12.4. The molecule has 2 fully saturated rings. The molecule has 0 aliphatic carbocycles. The van der Waals surface area contributed by atoms with Crippen LogP contribution in [0.25, 0.3) is 0 Å². The van der Waals surface area contributed by atoms with Crippen molar-refractivity contribution in [2.24, 2.45) is 0 Å². The van der Waals surface area contributed by atoms with Gasteiger partial charge in [-0.2, -0.15) is 0 Å². The van der Waals surface area contributed by atoms with Gasteiger partial charge in [0.2, 0.25) is 0 Å². The Labute approximate surface area is 124 Å². The lowest BCUT2D eigenvalue weighted by atomic mass is 10.1. The topological polar surface area (TPSA) is 67.6 Å². The minimum atomic E-state index is -0.0255. The largest absolute Gasteiger partial charge is 0.376 e. The average Bonchev–Trinajstić information content (AvgIpc) is 3.23. The third kappa shape index (κ3) is 3.20. The molecule has 116 valence electrons. The third-order valence-corrected chi connectivity index (χ3v) is 4.29. The predicted octanol–water partition coefficient (Wildman–Crippen LogP) is 2.26. The summed E-state index contributed by atoms with van der Waals surface area (Å²) >= 11 is 0. The van der Waals surface area contributed by atoms with Gasteiger partial charge in [-0.05, 0) is 32.1 Å². The molecule has 21 heavy (non-hydrogen) atoms. The first-order valence-electron chi connectivity index (χ1n) is 7.89. The van der Waals surface area contributed by atoms with Crippen LogP contribution in [-0.2, 0) is 11.2 Å². The Kier molecular flexibility index (Phi) is 4.43. The summed E-state index contributed by atoms with van der Waals surface area (Å²) in [6, 6.07) is 1.96. The van der Waals surface area contributed by atoms with E-state index in [-0.39, 0.29) is 18.2 Å². The zero-order chi connectivity index (χ0) is 14.7. The second-order valence-corrected chi connectivity index (χ2v) is 5.75. The number of aryl methyl sites for hydroxylation is 1. The number of amides is 2. The summed E-state index contributed by atoms with van der Waals surface area (Å²) in [7, 11) is 0. The summed E-state index contributed by atoms with van der Waals surface area (Å²) in [5.41, 5.74) is 0.941. The second-order valence-electron chi connectivity index (χ2n) is 5.75. The molecule has 0 radical (unpaired) electrons. The van der Waals surface area contributed by atoms with Crippen molar-refractivity contribution in [3.63, 3.8) is 0 Å². The Morgan fingerprint density at radius 2 is 2.38 bits per heavy atom. The van der Waals surface area contributed by atoms with Crippen LogP contribution in [0.1, 0.15) is 50.1 Å². The van der Waals surface area contributed by atoms with E-state index in [9.17, 15) is 4.79 Å². The molecule has 2 aliphatic rings. The van der Waals surface area contributed by atoms with Crippen LogP contribution in [0.3, 0.4) is 0 Å². The van der Waals surface area contributed by atoms with Crippen molar-refractivity contribution >= 4 is 6.03 Å². The lowest BCUT2D eigenvalue weighted by Crippen LogP contribution is -2.42. The van der Waals surface area contributed by atoms with Gasteiger partial charge in [0.25, 0.3) is 0 Å². The molecule has 3 rings (SSSR count). The molecule has 0 unspecified atom stereocenters. The quantitative estimate of drug-likeness (QED) is 0.924. The number of ether oxygens (including phenoxy) is 1. The third-order valence-electron chi connectivity index (χ3n) is 4.29. The molecule has 2 saturated heterocycles. The Morgan fingerprint density at radius 1 is 1.48 bits per heavy atom. The van der Waals surface area contributed by atoms with Crippen molar-refractivity contribution in [2.75, 3.05) is 19.7 Å². The monoisotopic (exact) mass is 293 g/mol. The van der Waals surface area contributed by atoms with E-state index in [0.717, 1.165) is 56.7 Å². The van der Waals surface area contributed by atoms with Crippen molar-refractivity contribution in [3.05, 3.63) is 17.5 Å². The second kappa shape index (κ2) is 6.47. The SMILES string of the molecule is CCc1cc([C@@H]2CCCN2C(=O)NC[C@@H]2CCCO2)on1. The maximum Gasteiger partial charge on any atom is 0.318 e. The molecule has 3 heterocycles. The Morgan fingerprint density at radius 3 is 3.10 bits per heavy atom. The lowest BCUT2D eigenvalue weighted by Gasteiger charge is -2.23. The van der Waals surface area contributed by atoms with Crippen LogP contribution in [0.5, 0.6) is 0 Å². The molecule has 0 saturated carbocycles. The van der Waals surface area contributed by atoms with Crippen molar-refractivity contribution in [1.82, 2.24) is 15.4 Å². The molecule has 6 nitrogen and oxygen atoms in total. The molecule has 1 aromatic heterocycles. The number of aromatic nitrogens is 1. The number of rotatable bonds is 4. The smallest absolute Gasteiger partial charge is 0.318 e. The summed E-state index contributed by atoms with van der Waals surface area (Å²) in [6.45, 7) is 4.22. The number of carbonyl (C=O) groups is 1. The number of likely N-dealkylation sites (tertiary alicyclic amines) is 1. The highest BCUT2D eigenvalue weighted by Crippen LogP contribution is 2.32. The van der Waals surface area contributed by atoms with Gasteiger partial charge >= 0.3 is 6.03 Å². The zero-order valence-electron chi connectivity index (χ0n) is 12.5.